The molecule has 172 valence electrons. The SMILES string of the molecule is CS(=O)(=O)Cc1nc2ccc(CCN3CCN(c4ccccc4C(F)(F)F)CC3)cc2[nH]1. The van der Waals surface area contributed by atoms with Crippen molar-refractivity contribution in [3.8, 4) is 0 Å². The lowest BCUT2D eigenvalue weighted by Crippen LogP contribution is -2.47. The molecule has 0 radical (unpaired) electrons. The van der Waals surface area contributed by atoms with Crippen LogP contribution in [0.2, 0.25) is 0 Å². The number of hydrogen-bond donors (Lipinski definition) is 1. The van der Waals surface area contributed by atoms with Gasteiger partial charge >= 0.3 is 6.18 Å². The normalized spacial score (nSPS) is 16.1. The van der Waals surface area contributed by atoms with Crippen molar-refractivity contribution in [3.05, 3.63) is 59.4 Å². The third-order valence-corrected chi connectivity index (χ3v) is 6.43. The molecule has 0 saturated carbocycles. The van der Waals surface area contributed by atoms with Crippen LogP contribution in [0.4, 0.5) is 18.9 Å². The molecule has 1 aromatic heterocycles. The minimum Gasteiger partial charge on any atom is -0.368 e. The van der Waals surface area contributed by atoms with E-state index in [0.29, 0.717) is 32.0 Å². The number of hydrogen-bond acceptors (Lipinski definition) is 5. The lowest BCUT2D eigenvalue weighted by atomic mass is 10.1. The van der Waals surface area contributed by atoms with Crippen LogP contribution in [0.3, 0.4) is 0 Å². The average molecular weight is 467 g/mol. The molecule has 1 N–H and O–H groups in total. The second-order valence-corrected chi connectivity index (χ2v) is 10.3. The fourth-order valence-corrected chi connectivity index (χ4v) is 4.70. The molecule has 1 aliphatic heterocycles. The summed E-state index contributed by atoms with van der Waals surface area (Å²) in [6.07, 6.45) is -2.40. The summed E-state index contributed by atoms with van der Waals surface area (Å²) in [5, 5.41) is 0. The maximum atomic E-state index is 13.3. The molecule has 32 heavy (non-hydrogen) atoms. The summed E-state index contributed by atoms with van der Waals surface area (Å²) in [5.74, 6) is 0.300. The summed E-state index contributed by atoms with van der Waals surface area (Å²) < 4.78 is 62.9. The highest BCUT2D eigenvalue weighted by Crippen LogP contribution is 2.36. The Kier molecular flexibility index (Phi) is 6.17. The molecule has 3 aromatic rings. The third kappa shape index (κ3) is 5.42. The second-order valence-electron chi connectivity index (χ2n) is 8.20. The molecule has 1 aliphatic rings. The summed E-state index contributed by atoms with van der Waals surface area (Å²) in [6.45, 7) is 3.27. The third-order valence-electron chi connectivity index (χ3n) is 5.63. The Hall–Kier alpha value is -2.59. The van der Waals surface area contributed by atoms with Crippen molar-refractivity contribution in [2.75, 3.05) is 43.9 Å². The first-order chi connectivity index (χ1) is 15.1. The molecule has 0 unspecified atom stereocenters. The smallest absolute Gasteiger partial charge is 0.368 e. The number of alkyl halides is 3. The zero-order chi connectivity index (χ0) is 22.9. The van der Waals surface area contributed by atoms with E-state index < -0.39 is 21.6 Å². The summed E-state index contributed by atoms with van der Waals surface area (Å²) in [7, 11) is -3.16. The Labute approximate surface area is 185 Å². The first-order valence-corrected chi connectivity index (χ1v) is 12.4. The highest BCUT2D eigenvalue weighted by atomic mass is 32.2. The largest absolute Gasteiger partial charge is 0.418 e. The van der Waals surface area contributed by atoms with Crippen LogP contribution in [0.1, 0.15) is 17.0 Å². The van der Waals surface area contributed by atoms with Gasteiger partial charge in [0.05, 0.1) is 16.6 Å². The van der Waals surface area contributed by atoms with E-state index in [-0.39, 0.29) is 11.4 Å². The molecule has 10 heteroatoms. The van der Waals surface area contributed by atoms with Gasteiger partial charge in [-0.2, -0.15) is 13.2 Å². The molecule has 0 bridgehead atoms. The van der Waals surface area contributed by atoms with E-state index in [0.717, 1.165) is 35.6 Å². The quantitative estimate of drug-likeness (QED) is 0.602. The highest BCUT2D eigenvalue weighted by Gasteiger charge is 2.35. The molecular formula is C22H25F3N4O2S. The van der Waals surface area contributed by atoms with Gasteiger partial charge in [-0.1, -0.05) is 18.2 Å². The predicted molar refractivity (Wildman–Crippen MR) is 118 cm³/mol. The molecule has 6 nitrogen and oxygen atoms in total. The van der Waals surface area contributed by atoms with Crippen molar-refractivity contribution in [2.24, 2.45) is 0 Å². The summed E-state index contributed by atoms with van der Waals surface area (Å²) in [4.78, 5) is 11.4. The Morgan fingerprint density at radius 3 is 2.47 bits per heavy atom. The molecular weight excluding hydrogens is 441 g/mol. The van der Waals surface area contributed by atoms with Gasteiger partial charge in [-0.15, -0.1) is 0 Å². The molecule has 4 rings (SSSR count). The summed E-state index contributed by atoms with van der Waals surface area (Å²) >= 11 is 0. The summed E-state index contributed by atoms with van der Waals surface area (Å²) in [6, 6.07) is 11.6. The number of aromatic amines is 1. The molecule has 0 amide bonds. The molecule has 1 fully saturated rings. The summed E-state index contributed by atoms with van der Waals surface area (Å²) in [5.41, 5.74) is 2.28. The molecule has 2 aromatic carbocycles. The lowest BCUT2D eigenvalue weighted by molar-refractivity contribution is -0.137. The molecule has 0 spiro atoms. The minimum absolute atomic E-state index is 0.126. The number of anilines is 1. The lowest BCUT2D eigenvalue weighted by Gasteiger charge is -2.37. The number of rotatable bonds is 6. The average Bonchev–Trinajstić information content (AvgIpc) is 3.11. The van der Waals surface area contributed by atoms with Gasteiger partial charge in [-0.05, 0) is 36.2 Å². The number of H-pyrrole nitrogens is 1. The van der Waals surface area contributed by atoms with Crippen LogP contribution in [0.25, 0.3) is 11.0 Å². The number of benzene rings is 2. The van der Waals surface area contributed by atoms with Crippen molar-refractivity contribution in [3.63, 3.8) is 0 Å². The van der Waals surface area contributed by atoms with Gasteiger partial charge in [0.15, 0.2) is 9.84 Å². The van der Waals surface area contributed by atoms with Crippen molar-refractivity contribution in [2.45, 2.75) is 18.3 Å². The van der Waals surface area contributed by atoms with Gasteiger partial charge in [0.2, 0.25) is 0 Å². The predicted octanol–water partition coefficient (Wildman–Crippen LogP) is 3.49. The number of halogens is 3. The van der Waals surface area contributed by atoms with Crippen LogP contribution < -0.4 is 4.90 Å². The number of piperazine rings is 1. The fraction of sp³-hybridized carbons (Fsp3) is 0.409. The standard InChI is InChI=1S/C22H25F3N4O2S/c1-32(30,31)15-21-26-18-7-6-16(14-19(18)27-21)8-9-28-10-12-29(13-11-28)20-5-3-2-4-17(20)22(23,24)25/h2-7,14H,8-13,15H2,1H3,(H,26,27). The monoisotopic (exact) mass is 466 g/mol. The van der Waals surface area contributed by atoms with Crippen LogP contribution in [0.15, 0.2) is 42.5 Å². The Morgan fingerprint density at radius 1 is 1.06 bits per heavy atom. The highest BCUT2D eigenvalue weighted by molar-refractivity contribution is 7.89. The van der Waals surface area contributed by atoms with Crippen LogP contribution in [-0.2, 0) is 28.2 Å². The second kappa shape index (κ2) is 8.74. The van der Waals surface area contributed by atoms with E-state index in [1.807, 2.05) is 18.2 Å². The van der Waals surface area contributed by atoms with Gasteiger partial charge in [-0.3, -0.25) is 4.90 Å². The van der Waals surface area contributed by atoms with Crippen LogP contribution in [0.5, 0.6) is 0 Å². The molecule has 2 heterocycles. The van der Waals surface area contributed by atoms with Gasteiger partial charge in [0.1, 0.15) is 11.6 Å². The Balaban J connectivity index is 1.35. The number of imidazole rings is 1. The molecule has 0 atom stereocenters. The zero-order valence-electron chi connectivity index (χ0n) is 17.7. The van der Waals surface area contributed by atoms with E-state index in [1.165, 1.54) is 18.4 Å². The van der Waals surface area contributed by atoms with E-state index in [2.05, 4.69) is 14.9 Å². The van der Waals surface area contributed by atoms with Crippen molar-refractivity contribution >= 4 is 26.6 Å². The van der Waals surface area contributed by atoms with Crippen LogP contribution >= 0.6 is 0 Å². The van der Waals surface area contributed by atoms with Gasteiger partial charge in [-0.25, -0.2) is 13.4 Å². The number of para-hydroxylation sites is 1. The fourth-order valence-electron chi connectivity index (χ4n) is 4.07. The van der Waals surface area contributed by atoms with E-state index in [9.17, 15) is 21.6 Å². The molecule has 1 saturated heterocycles. The minimum atomic E-state index is -4.36. The number of fused-ring (bicyclic) bond motifs is 1. The molecule has 0 aliphatic carbocycles. The van der Waals surface area contributed by atoms with E-state index in [4.69, 9.17) is 0 Å². The maximum Gasteiger partial charge on any atom is 0.418 e. The Bertz CT molecular complexity index is 1200. The van der Waals surface area contributed by atoms with Gasteiger partial charge < -0.3 is 9.88 Å². The van der Waals surface area contributed by atoms with Crippen molar-refractivity contribution < 1.29 is 21.6 Å². The van der Waals surface area contributed by atoms with Crippen LogP contribution in [0, 0.1) is 0 Å². The van der Waals surface area contributed by atoms with E-state index >= 15 is 0 Å². The first-order valence-electron chi connectivity index (χ1n) is 10.4. The van der Waals surface area contributed by atoms with E-state index in [1.54, 1.807) is 11.0 Å². The Morgan fingerprint density at radius 2 is 1.78 bits per heavy atom. The number of nitrogens with one attached hydrogen (secondary N) is 1. The topological polar surface area (TPSA) is 69.3 Å². The number of aromatic nitrogens is 2. The first kappa shape index (κ1) is 22.6. The zero-order valence-corrected chi connectivity index (χ0v) is 18.5. The van der Waals surface area contributed by atoms with Gasteiger partial charge in [0.25, 0.3) is 0 Å². The van der Waals surface area contributed by atoms with Crippen molar-refractivity contribution in [1.29, 1.82) is 0 Å². The number of nitrogens with zero attached hydrogens (tertiary/aromatic N) is 3. The maximum absolute atomic E-state index is 13.3. The van der Waals surface area contributed by atoms with Crippen molar-refractivity contribution in [1.82, 2.24) is 14.9 Å². The van der Waals surface area contributed by atoms with Gasteiger partial charge in [0, 0.05) is 44.7 Å². The van der Waals surface area contributed by atoms with Crippen LogP contribution in [-0.4, -0.2) is 62.3 Å². The number of sulfone groups is 1.